The Kier molecular flexibility index (Phi) is 8.37. The van der Waals surface area contributed by atoms with Crippen molar-refractivity contribution in [2.75, 3.05) is 31.2 Å². The summed E-state index contributed by atoms with van der Waals surface area (Å²) in [4.78, 5) is 14.9. The second-order valence-electron chi connectivity index (χ2n) is 17.7. The smallest absolute Gasteiger partial charge is 0.223 e. The Bertz CT molecular complexity index is 1110. The highest BCUT2D eigenvalue weighted by Crippen LogP contribution is 2.89. The summed E-state index contributed by atoms with van der Waals surface area (Å²) < 4.78 is 19.8. The van der Waals surface area contributed by atoms with Crippen LogP contribution in [0.4, 0.5) is 0 Å². The molecule has 1 N–H and O–H groups in total. The Balaban J connectivity index is 1.06. The van der Waals surface area contributed by atoms with Crippen molar-refractivity contribution in [3.8, 4) is 0 Å². The highest BCUT2D eigenvalue weighted by Gasteiger charge is 2.83. The van der Waals surface area contributed by atoms with Gasteiger partial charge in [-0.1, -0.05) is 57.2 Å². The number of aliphatic hydroxyl groups excluding tert-OH is 1. The standard InChI is InChI=1S/C37H60INO5/c1-23(17-25(20-38)42-6)26-19-29(40)35(5)28-10-9-27-33(2,3)30(11-12-36(27)22-37(28,36)14-13-34(26,35)4)44-32-21-39(15-16-43-32)31(41)18-24-7-8-24/h23-30,32,40H,7-22H2,1-6H3/t23-,25?,26-,27+,28?,29+,30?,32+,34?,35-,36?,37?/m1/s1. The fourth-order valence-corrected chi connectivity index (χ4v) is 13.8. The third kappa shape index (κ3) is 4.68. The lowest BCUT2D eigenvalue weighted by Crippen LogP contribution is -2.60. The molecule has 7 fully saturated rings. The first kappa shape index (κ1) is 32.6. The second kappa shape index (κ2) is 11.3. The number of ether oxygens (including phenoxy) is 3. The van der Waals surface area contributed by atoms with Gasteiger partial charge in [0.05, 0.1) is 31.5 Å². The molecule has 1 amide bonds. The van der Waals surface area contributed by atoms with E-state index in [2.05, 4.69) is 57.2 Å². The van der Waals surface area contributed by atoms with Crippen molar-refractivity contribution < 1.29 is 24.1 Å². The van der Waals surface area contributed by atoms with Crippen molar-refractivity contribution in [2.24, 2.45) is 56.7 Å². The van der Waals surface area contributed by atoms with Crippen LogP contribution in [0.3, 0.4) is 0 Å². The molecule has 1 saturated heterocycles. The molecule has 6 saturated carbocycles. The van der Waals surface area contributed by atoms with Crippen molar-refractivity contribution >= 4 is 28.5 Å². The third-order valence-corrected chi connectivity index (χ3v) is 16.9. The maximum atomic E-state index is 12.9. The van der Waals surface area contributed by atoms with Gasteiger partial charge in [0.25, 0.3) is 0 Å². The van der Waals surface area contributed by atoms with Crippen LogP contribution in [-0.4, -0.2) is 71.7 Å². The Morgan fingerprint density at radius 1 is 1.05 bits per heavy atom. The molecule has 2 spiro atoms. The van der Waals surface area contributed by atoms with Gasteiger partial charge in [-0.05, 0) is 122 Å². The summed E-state index contributed by atoms with van der Waals surface area (Å²) >= 11 is 2.46. The minimum Gasteiger partial charge on any atom is -0.393 e. The zero-order chi connectivity index (χ0) is 31.3. The molecule has 7 heteroatoms. The molecule has 6 unspecified atom stereocenters. The lowest BCUT2D eigenvalue weighted by molar-refractivity contribution is -0.248. The van der Waals surface area contributed by atoms with Crippen LogP contribution in [0.25, 0.3) is 0 Å². The number of alkyl halides is 1. The second-order valence-corrected chi connectivity index (χ2v) is 18.6. The van der Waals surface area contributed by atoms with E-state index in [1.54, 1.807) is 0 Å². The molecular formula is C37H60INO5. The van der Waals surface area contributed by atoms with E-state index in [9.17, 15) is 9.90 Å². The first-order valence-corrected chi connectivity index (χ1v) is 19.7. The average molecular weight is 726 g/mol. The minimum absolute atomic E-state index is 0.0184. The van der Waals surface area contributed by atoms with Crippen LogP contribution in [0, 0.1) is 56.7 Å². The Hall–Kier alpha value is 0.0400. The van der Waals surface area contributed by atoms with Gasteiger partial charge in [-0.25, -0.2) is 0 Å². The molecule has 6 aliphatic carbocycles. The summed E-state index contributed by atoms with van der Waals surface area (Å²) in [6, 6.07) is 0. The van der Waals surface area contributed by atoms with Crippen LogP contribution in [0.1, 0.15) is 112 Å². The monoisotopic (exact) mass is 725 g/mol. The molecule has 0 radical (unpaired) electrons. The first-order chi connectivity index (χ1) is 20.9. The van der Waals surface area contributed by atoms with Crippen molar-refractivity contribution in [1.82, 2.24) is 4.90 Å². The molecule has 12 atom stereocenters. The summed E-state index contributed by atoms with van der Waals surface area (Å²) in [7, 11) is 1.86. The number of nitrogens with zero attached hydrogens (tertiary/aromatic N) is 1. The number of carbonyl (C=O) groups is 1. The molecule has 0 bridgehead atoms. The van der Waals surface area contributed by atoms with Crippen molar-refractivity contribution in [1.29, 1.82) is 0 Å². The van der Waals surface area contributed by atoms with Crippen molar-refractivity contribution in [3.05, 3.63) is 0 Å². The van der Waals surface area contributed by atoms with Gasteiger partial charge >= 0.3 is 0 Å². The van der Waals surface area contributed by atoms with Gasteiger partial charge in [-0.3, -0.25) is 4.79 Å². The third-order valence-electron chi connectivity index (χ3n) is 15.9. The maximum absolute atomic E-state index is 12.9. The van der Waals surface area contributed by atoms with Crippen LogP contribution >= 0.6 is 22.6 Å². The number of halogens is 1. The zero-order valence-corrected chi connectivity index (χ0v) is 30.6. The van der Waals surface area contributed by atoms with Crippen LogP contribution < -0.4 is 0 Å². The van der Waals surface area contributed by atoms with E-state index in [0.717, 1.165) is 23.7 Å². The highest BCUT2D eigenvalue weighted by atomic mass is 127. The SMILES string of the molecule is COC(CI)C[C@@H](C)[C@H]1C[C@H](O)[C@@]2(C)C3CC[C@H]4C(C)(C)C(O[C@H]5CN(C(=O)CC6CC6)CCO5)CCC45CC35CCC12C. The van der Waals surface area contributed by atoms with E-state index in [1.165, 1.54) is 51.4 Å². The molecule has 7 aliphatic rings. The Morgan fingerprint density at radius 3 is 2.48 bits per heavy atom. The van der Waals surface area contributed by atoms with Crippen LogP contribution in [0.15, 0.2) is 0 Å². The summed E-state index contributed by atoms with van der Waals surface area (Å²) in [5.74, 6) is 3.27. The molecule has 0 aromatic carbocycles. The summed E-state index contributed by atoms with van der Waals surface area (Å²) in [5, 5.41) is 12.0. The molecule has 0 aromatic heterocycles. The number of aliphatic hydroxyl groups is 1. The molecule has 0 aromatic rings. The number of hydrogen-bond acceptors (Lipinski definition) is 5. The van der Waals surface area contributed by atoms with Crippen molar-refractivity contribution in [3.63, 3.8) is 0 Å². The maximum Gasteiger partial charge on any atom is 0.223 e. The first-order valence-electron chi connectivity index (χ1n) is 18.2. The fraction of sp³-hybridized carbons (Fsp3) is 0.973. The van der Waals surface area contributed by atoms with E-state index >= 15 is 0 Å². The number of hydrogen-bond donors (Lipinski definition) is 1. The van der Waals surface area contributed by atoms with E-state index < -0.39 is 0 Å². The Morgan fingerprint density at radius 2 is 1.77 bits per heavy atom. The van der Waals surface area contributed by atoms with E-state index in [1.807, 2.05) is 12.0 Å². The number of carbonyl (C=O) groups excluding carboxylic acids is 1. The molecular weight excluding hydrogens is 665 g/mol. The lowest BCUT2D eigenvalue weighted by atomic mass is 9.41. The minimum atomic E-state index is -0.304. The summed E-state index contributed by atoms with van der Waals surface area (Å²) in [6.45, 7) is 14.3. The van der Waals surface area contributed by atoms with Gasteiger partial charge in [-0.15, -0.1) is 0 Å². The molecule has 7 rings (SSSR count). The van der Waals surface area contributed by atoms with Gasteiger partial charge < -0.3 is 24.2 Å². The van der Waals surface area contributed by atoms with Gasteiger partial charge in [0.2, 0.25) is 5.91 Å². The van der Waals surface area contributed by atoms with E-state index in [0.29, 0.717) is 72.6 Å². The molecule has 6 nitrogen and oxygen atoms in total. The lowest BCUT2D eigenvalue weighted by Gasteiger charge is -2.64. The van der Waals surface area contributed by atoms with Gasteiger partial charge in [0.15, 0.2) is 6.29 Å². The van der Waals surface area contributed by atoms with E-state index in [4.69, 9.17) is 14.2 Å². The van der Waals surface area contributed by atoms with Gasteiger partial charge in [0, 0.05) is 29.9 Å². The molecule has 1 aliphatic heterocycles. The van der Waals surface area contributed by atoms with Crippen LogP contribution in [0.5, 0.6) is 0 Å². The van der Waals surface area contributed by atoms with E-state index in [-0.39, 0.29) is 40.7 Å². The quantitative estimate of drug-likeness (QED) is 0.201. The fourth-order valence-electron chi connectivity index (χ4n) is 13.1. The number of amides is 1. The predicted molar refractivity (Wildman–Crippen MR) is 180 cm³/mol. The number of rotatable bonds is 9. The number of methoxy groups -OCH3 is 1. The molecule has 1 heterocycles. The summed E-state index contributed by atoms with van der Waals surface area (Å²) in [5.41, 5.74) is 1.01. The van der Waals surface area contributed by atoms with Crippen LogP contribution in [-0.2, 0) is 19.0 Å². The largest absolute Gasteiger partial charge is 0.393 e. The van der Waals surface area contributed by atoms with Gasteiger partial charge in [0.1, 0.15) is 0 Å². The Labute approximate surface area is 280 Å². The number of morpholine rings is 1. The zero-order valence-electron chi connectivity index (χ0n) is 28.4. The van der Waals surface area contributed by atoms with Gasteiger partial charge in [-0.2, -0.15) is 0 Å². The summed E-state index contributed by atoms with van der Waals surface area (Å²) in [6.07, 6.45) is 13.9. The predicted octanol–water partition coefficient (Wildman–Crippen LogP) is 7.24. The van der Waals surface area contributed by atoms with Crippen molar-refractivity contribution in [2.45, 2.75) is 136 Å². The van der Waals surface area contributed by atoms with Crippen LogP contribution in [0.2, 0.25) is 0 Å². The normalized spacial score (nSPS) is 48.9. The average Bonchev–Trinajstić information content (AvgIpc) is 3.91. The molecule has 250 valence electrons. The molecule has 44 heavy (non-hydrogen) atoms. The topological polar surface area (TPSA) is 68.2 Å². The highest BCUT2D eigenvalue weighted by molar-refractivity contribution is 14.1. The number of fused-ring (bicyclic) bond motifs is 2.